The quantitative estimate of drug-likeness (QED) is 0.204. The smallest absolute Gasteiger partial charge is 0.154 e. The molecule has 0 aliphatic rings. The Morgan fingerprint density at radius 2 is 1.10 bits per heavy atom. The molecule has 0 aliphatic heterocycles. The van der Waals surface area contributed by atoms with Crippen LogP contribution < -0.4 is 0 Å². The number of fused-ring (bicyclic) bond motifs is 8. The normalized spacial score (nSPS) is 12.0. The first-order valence-electron chi connectivity index (χ1n) is 13.6. The van der Waals surface area contributed by atoms with Crippen LogP contribution in [0.1, 0.15) is 0 Å². The zero-order chi connectivity index (χ0) is 26.2. The van der Waals surface area contributed by atoms with Gasteiger partial charge < -0.3 is 4.42 Å². The summed E-state index contributed by atoms with van der Waals surface area (Å²) in [5.74, 6) is 0. The fraction of sp³-hybridized carbons (Fsp3) is 0. The Balaban J connectivity index is 1.44. The average molecular weight is 527 g/mol. The molecule has 0 fully saturated rings. The van der Waals surface area contributed by atoms with Gasteiger partial charge in [-0.15, -0.1) is 11.3 Å². The lowest BCUT2D eigenvalue weighted by atomic mass is 9.85. The van der Waals surface area contributed by atoms with Gasteiger partial charge in [0.05, 0.1) is 4.70 Å². The summed E-state index contributed by atoms with van der Waals surface area (Å²) in [6.45, 7) is 0. The summed E-state index contributed by atoms with van der Waals surface area (Å²) in [5.41, 5.74) is 6.95. The standard InChI is InChI=1S/C38H22OS/c1-2-11-24-22-25(21-20-23(24)10-1)34-26-12-3-5-14-28(26)35(29-15-6-4-13-27(29)34)31-17-9-19-33-36(31)37-38(40-33)30-16-7-8-18-32(30)39-37/h1-22H. The van der Waals surface area contributed by atoms with Gasteiger partial charge in [-0.1, -0.05) is 109 Å². The van der Waals surface area contributed by atoms with Crippen LogP contribution in [0.3, 0.4) is 0 Å². The minimum absolute atomic E-state index is 0.946. The third kappa shape index (κ3) is 3.03. The van der Waals surface area contributed by atoms with E-state index in [9.17, 15) is 0 Å². The van der Waals surface area contributed by atoms with Gasteiger partial charge >= 0.3 is 0 Å². The molecule has 0 amide bonds. The molecule has 40 heavy (non-hydrogen) atoms. The Hall–Kier alpha value is -4.92. The minimum atomic E-state index is 0.946. The van der Waals surface area contributed by atoms with Crippen LogP contribution in [0.15, 0.2) is 138 Å². The van der Waals surface area contributed by atoms with Crippen molar-refractivity contribution in [1.29, 1.82) is 0 Å². The summed E-state index contributed by atoms with van der Waals surface area (Å²) in [4.78, 5) is 0. The van der Waals surface area contributed by atoms with Gasteiger partial charge in [0, 0.05) is 15.5 Å². The molecule has 1 nitrogen and oxygen atoms in total. The van der Waals surface area contributed by atoms with Gasteiger partial charge in [0.25, 0.3) is 0 Å². The van der Waals surface area contributed by atoms with E-state index in [-0.39, 0.29) is 0 Å². The molecular formula is C38H22OS. The summed E-state index contributed by atoms with van der Waals surface area (Å²) in [6, 6.07) is 48.3. The van der Waals surface area contributed by atoms with Crippen LogP contribution in [0, 0.1) is 0 Å². The van der Waals surface area contributed by atoms with Crippen molar-refractivity contribution in [3.05, 3.63) is 133 Å². The van der Waals surface area contributed by atoms with Crippen LogP contribution >= 0.6 is 11.3 Å². The van der Waals surface area contributed by atoms with Gasteiger partial charge in [0.15, 0.2) is 5.58 Å². The molecule has 9 aromatic rings. The molecule has 2 aromatic heterocycles. The Morgan fingerprint density at radius 3 is 1.85 bits per heavy atom. The molecule has 2 heteroatoms. The van der Waals surface area contributed by atoms with Crippen molar-refractivity contribution in [1.82, 2.24) is 0 Å². The van der Waals surface area contributed by atoms with E-state index in [0.717, 1.165) is 11.2 Å². The lowest BCUT2D eigenvalue weighted by Gasteiger charge is -2.18. The average Bonchev–Trinajstić information content (AvgIpc) is 3.56. The number of para-hydroxylation sites is 1. The molecule has 0 atom stereocenters. The van der Waals surface area contributed by atoms with Crippen molar-refractivity contribution in [3.8, 4) is 22.3 Å². The monoisotopic (exact) mass is 526 g/mol. The van der Waals surface area contributed by atoms with E-state index in [0.29, 0.717) is 0 Å². The molecule has 9 rings (SSSR count). The van der Waals surface area contributed by atoms with E-state index in [1.807, 2.05) is 17.4 Å². The van der Waals surface area contributed by atoms with Crippen molar-refractivity contribution in [3.63, 3.8) is 0 Å². The van der Waals surface area contributed by atoms with Crippen LogP contribution in [0.5, 0.6) is 0 Å². The SMILES string of the molecule is c1ccc2cc(-c3c4ccccc4c(-c4cccc5sc6c7ccccc7oc6c45)c4ccccc34)ccc2c1. The molecule has 0 spiro atoms. The number of benzene rings is 7. The zero-order valence-corrected chi connectivity index (χ0v) is 22.3. The van der Waals surface area contributed by atoms with E-state index in [4.69, 9.17) is 4.42 Å². The second-order valence-corrected chi connectivity index (χ2v) is 11.5. The van der Waals surface area contributed by atoms with Crippen molar-refractivity contribution in [2.75, 3.05) is 0 Å². The molecule has 0 saturated carbocycles. The minimum Gasteiger partial charge on any atom is -0.454 e. The first-order valence-corrected chi connectivity index (χ1v) is 14.4. The van der Waals surface area contributed by atoms with Crippen LogP contribution in [-0.4, -0.2) is 0 Å². The van der Waals surface area contributed by atoms with Crippen molar-refractivity contribution in [2.45, 2.75) is 0 Å². The Morgan fingerprint density at radius 1 is 0.475 bits per heavy atom. The summed E-state index contributed by atoms with van der Waals surface area (Å²) in [6.07, 6.45) is 0. The highest BCUT2D eigenvalue weighted by atomic mass is 32.1. The van der Waals surface area contributed by atoms with Crippen molar-refractivity contribution < 1.29 is 4.42 Å². The predicted octanol–water partition coefficient (Wildman–Crippen LogP) is 11.6. The van der Waals surface area contributed by atoms with E-state index in [1.165, 1.54) is 74.7 Å². The topological polar surface area (TPSA) is 13.1 Å². The maximum absolute atomic E-state index is 6.54. The molecule has 186 valence electrons. The summed E-state index contributed by atoms with van der Waals surface area (Å²) < 4.78 is 9.01. The highest BCUT2D eigenvalue weighted by Crippen LogP contribution is 2.49. The van der Waals surface area contributed by atoms with Crippen molar-refractivity contribution >= 4 is 75.0 Å². The zero-order valence-electron chi connectivity index (χ0n) is 21.5. The molecule has 0 saturated heterocycles. The summed E-state index contributed by atoms with van der Waals surface area (Å²) in [7, 11) is 0. The largest absolute Gasteiger partial charge is 0.454 e. The number of thiophene rings is 1. The fourth-order valence-corrected chi connectivity index (χ4v) is 7.72. The van der Waals surface area contributed by atoms with E-state index < -0.39 is 0 Å². The highest BCUT2D eigenvalue weighted by Gasteiger charge is 2.21. The van der Waals surface area contributed by atoms with Gasteiger partial charge in [-0.05, 0) is 78.8 Å². The summed E-state index contributed by atoms with van der Waals surface area (Å²) >= 11 is 1.82. The van der Waals surface area contributed by atoms with Gasteiger partial charge in [-0.2, -0.15) is 0 Å². The molecule has 0 N–H and O–H groups in total. The van der Waals surface area contributed by atoms with Gasteiger partial charge in [0.2, 0.25) is 0 Å². The van der Waals surface area contributed by atoms with Crippen LogP contribution in [0.25, 0.3) is 85.9 Å². The first kappa shape index (κ1) is 22.0. The fourth-order valence-electron chi connectivity index (χ4n) is 6.53. The second kappa shape index (κ2) is 8.29. The third-order valence-electron chi connectivity index (χ3n) is 8.25. The molecule has 0 unspecified atom stereocenters. The highest BCUT2D eigenvalue weighted by molar-refractivity contribution is 7.26. The van der Waals surface area contributed by atoms with Gasteiger partial charge in [0.1, 0.15) is 5.58 Å². The Bertz CT molecular complexity index is 2380. The number of hydrogen-bond donors (Lipinski definition) is 0. The number of hydrogen-bond acceptors (Lipinski definition) is 2. The molecule has 0 radical (unpaired) electrons. The maximum atomic E-state index is 6.54. The Kier molecular flexibility index (Phi) is 4.55. The van der Waals surface area contributed by atoms with Gasteiger partial charge in [-0.25, -0.2) is 0 Å². The van der Waals surface area contributed by atoms with Gasteiger partial charge in [-0.3, -0.25) is 0 Å². The lowest BCUT2D eigenvalue weighted by Crippen LogP contribution is -1.91. The second-order valence-electron chi connectivity index (χ2n) is 10.4. The van der Waals surface area contributed by atoms with Crippen molar-refractivity contribution in [2.24, 2.45) is 0 Å². The van der Waals surface area contributed by atoms with E-state index in [2.05, 4.69) is 127 Å². The van der Waals surface area contributed by atoms with E-state index >= 15 is 0 Å². The predicted molar refractivity (Wildman–Crippen MR) is 172 cm³/mol. The van der Waals surface area contributed by atoms with Crippen LogP contribution in [0.2, 0.25) is 0 Å². The maximum Gasteiger partial charge on any atom is 0.154 e. The first-order chi connectivity index (χ1) is 19.8. The molecular weight excluding hydrogens is 504 g/mol. The summed E-state index contributed by atoms with van der Waals surface area (Å²) in [5, 5.41) is 9.94. The van der Waals surface area contributed by atoms with Crippen LogP contribution in [-0.2, 0) is 0 Å². The number of rotatable bonds is 2. The molecule has 0 aliphatic carbocycles. The lowest BCUT2D eigenvalue weighted by molar-refractivity contribution is 0.673. The Labute approximate surface area is 234 Å². The number of furan rings is 1. The molecule has 0 bridgehead atoms. The third-order valence-corrected chi connectivity index (χ3v) is 9.42. The molecule has 2 heterocycles. The van der Waals surface area contributed by atoms with Crippen LogP contribution in [0.4, 0.5) is 0 Å². The van der Waals surface area contributed by atoms with E-state index in [1.54, 1.807) is 0 Å². The molecule has 7 aromatic carbocycles.